The molecular formula is C18H34N2. The van der Waals surface area contributed by atoms with Gasteiger partial charge in [-0.1, -0.05) is 27.7 Å². The van der Waals surface area contributed by atoms with Crippen LogP contribution in [-0.4, -0.2) is 35.6 Å². The number of fused-ring (bicyclic) bond motifs is 2. The van der Waals surface area contributed by atoms with Crippen LogP contribution in [0.15, 0.2) is 0 Å². The highest BCUT2D eigenvalue weighted by Gasteiger charge is 2.62. The van der Waals surface area contributed by atoms with Gasteiger partial charge in [-0.3, -0.25) is 4.90 Å². The van der Waals surface area contributed by atoms with Crippen molar-refractivity contribution in [3.63, 3.8) is 0 Å². The van der Waals surface area contributed by atoms with Crippen molar-refractivity contribution >= 4 is 0 Å². The standard InChI is InChI=1S/C18H34N2/c1-7-18(6)12-20(13(2)11-19-18)15-16(3,4)14-8-9-17(15,5)10-14/h13-15,19H,7-12H2,1-6H3. The Bertz CT molecular complexity index is 386. The highest BCUT2D eigenvalue weighted by Crippen LogP contribution is 2.64. The lowest BCUT2D eigenvalue weighted by Crippen LogP contribution is -2.67. The van der Waals surface area contributed by atoms with Crippen LogP contribution in [0.25, 0.3) is 0 Å². The van der Waals surface area contributed by atoms with Crippen LogP contribution in [0.3, 0.4) is 0 Å². The maximum atomic E-state index is 3.79. The molecule has 2 saturated carbocycles. The van der Waals surface area contributed by atoms with Crippen LogP contribution in [0.5, 0.6) is 0 Å². The second-order valence-corrected chi connectivity index (χ2v) is 9.13. The topological polar surface area (TPSA) is 15.3 Å². The van der Waals surface area contributed by atoms with Gasteiger partial charge in [-0.15, -0.1) is 0 Å². The predicted molar refractivity (Wildman–Crippen MR) is 85.9 cm³/mol. The smallest absolute Gasteiger partial charge is 0.0278 e. The van der Waals surface area contributed by atoms with E-state index in [1.54, 1.807) is 0 Å². The first-order chi connectivity index (χ1) is 9.22. The minimum atomic E-state index is 0.306. The molecule has 3 rings (SSSR count). The van der Waals surface area contributed by atoms with E-state index in [1.165, 1.54) is 32.2 Å². The minimum Gasteiger partial charge on any atom is -0.309 e. The Labute approximate surface area is 125 Å². The molecule has 1 N–H and O–H groups in total. The van der Waals surface area contributed by atoms with Gasteiger partial charge in [0.25, 0.3) is 0 Å². The molecule has 1 heterocycles. The Morgan fingerprint density at radius 3 is 2.45 bits per heavy atom. The SMILES string of the molecule is CCC1(C)CN(C2C3(C)CCC(C3)C2(C)C)C(C)CN1. The fraction of sp³-hybridized carbons (Fsp3) is 1.00. The van der Waals surface area contributed by atoms with Crippen molar-refractivity contribution in [3.05, 3.63) is 0 Å². The zero-order chi connectivity index (χ0) is 14.8. The number of nitrogens with one attached hydrogen (secondary N) is 1. The van der Waals surface area contributed by atoms with Gasteiger partial charge in [0.1, 0.15) is 0 Å². The molecule has 2 nitrogen and oxygen atoms in total. The lowest BCUT2D eigenvalue weighted by Gasteiger charge is -2.56. The zero-order valence-corrected chi connectivity index (χ0v) is 14.4. The molecule has 2 aliphatic carbocycles. The normalized spacial score (nSPS) is 51.6. The van der Waals surface area contributed by atoms with E-state index < -0.39 is 0 Å². The maximum Gasteiger partial charge on any atom is 0.0278 e. The largest absolute Gasteiger partial charge is 0.309 e. The van der Waals surface area contributed by atoms with Gasteiger partial charge < -0.3 is 5.32 Å². The second kappa shape index (κ2) is 4.46. The van der Waals surface area contributed by atoms with Crippen molar-refractivity contribution in [2.24, 2.45) is 16.7 Å². The first kappa shape index (κ1) is 14.8. The van der Waals surface area contributed by atoms with E-state index in [0.29, 0.717) is 22.4 Å². The molecule has 5 atom stereocenters. The van der Waals surface area contributed by atoms with Gasteiger partial charge in [0, 0.05) is 30.7 Å². The molecule has 0 aromatic heterocycles. The molecule has 0 radical (unpaired) electrons. The summed E-state index contributed by atoms with van der Waals surface area (Å²) in [6, 6.07) is 1.45. The van der Waals surface area contributed by atoms with Crippen molar-refractivity contribution in [1.29, 1.82) is 0 Å². The van der Waals surface area contributed by atoms with E-state index in [2.05, 4.69) is 51.8 Å². The number of rotatable bonds is 2. The fourth-order valence-electron chi connectivity index (χ4n) is 5.81. The minimum absolute atomic E-state index is 0.306. The van der Waals surface area contributed by atoms with Crippen LogP contribution in [0, 0.1) is 16.7 Å². The third-order valence-electron chi connectivity index (χ3n) is 7.23. The van der Waals surface area contributed by atoms with E-state index in [-0.39, 0.29) is 0 Å². The van der Waals surface area contributed by atoms with Crippen molar-refractivity contribution in [2.45, 2.75) is 84.8 Å². The Morgan fingerprint density at radius 1 is 1.20 bits per heavy atom. The van der Waals surface area contributed by atoms with Gasteiger partial charge >= 0.3 is 0 Å². The molecular weight excluding hydrogens is 244 g/mol. The molecule has 0 aromatic rings. The monoisotopic (exact) mass is 278 g/mol. The van der Waals surface area contributed by atoms with Crippen LogP contribution in [0.1, 0.15) is 67.2 Å². The molecule has 1 saturated heterocycles. The van der Waals surface area contributed by atoms with Gasteiger partial charge in [-0.05, 0) is 56.3 Å². The van der Waals surface area contributed by atoms with Crippen molar-refractivity contribution in [1.82, 2.24) is 10.2 Å². The maximum absolute atomic E-state index is 3.79. The van der Waals surface area contributed by atoms with Gasteiger partial charge in [-0.2, -0.15) is 0 Å². The van der Waals surface area contributed by atoms with Crippen LogP contribution in [-0.2, 0) is 0 Å². The first-order valence-electron chi connectivity index (χ1n) is 8.73. The summed E-state index contributed by atoms with van der Waals surface area (Å²) in [5.74, 6) is 0.951. The Morgan fingerprint density at radius 2 is 1.90 bits per heavy atom. The van der Waals surface area contributed by atoms with E-state index in [0.717, 1.165) is 18.5 Å². The summed E-state index contributed by atoms with van der Waals surface area (Å²) in [6.07, 6.45) is 5.60. The van der Waals surface area contributed by atoms with Gasteiger partial charge in [0.2, 0.25) is 0 Å². The molecule has 3 fully saturated rings. The Balaban J connectivity index is 1.90. The lowest BCUT2D eigenvalue weighted by molar-refractivity contribution is -0.0500. The molecule has 0 spiro atoms. The summed E-state index contributed by atoms with van der Waals surface area (Å²) in [5, 5.41) is 3.79. The number of nitrogens with zero attached hydrogens (tertiary/aromatic N) is 1. The van der Waals surface area contributed by atoms with Crippen LogP contribution < -0.4 is 5.32 Å². The average molecular weight is 278 g/mol. The fourth-order valence-corrected chi connectivity index (χ4v) is 5.81. The quantitative estimate of drug-likeness (QED) is 0.829. The van der Waals surface area contributed by atoms with Crippen LogP contribution >= 0.6 is 0 Å². The molecule has 1 aliphatic heterocycles. The highest BCUT2D eigenvalue weighted by molar-refractivity contribution is 5.14. The lowest BCUT2D eigenvalue weighted by atomic mass is 9.67. The average Bonchev–Trinajstić information content (AvgIpc) is 2.85. The highest BCUT2D eigenvalue weighted by atomic mass is 15.3. The summed E-state index contributed by atoms with van der Waals surface area (Å²) in [5.41, 5.74) is 1.36. The van der Waals surface area contributed by atoms with Gasteiger partial charge in [-0.25, -0.2) is 0 Å². The second-order valence-electron chi connectivity index (χ2n) is 9.13. The molecule has 20 heavy (non-hydrogen) atoms. The molecule has 116 valence electrons. The summed E-state index contributed by atoms with van der Waals surface area (Å²) < 4.78 is 0. The van der Waals surface area contributed by atoms with Gasteiger partial charge in [0.15, 0.2) is 0 Å². The Hall–Kier alpha value is -0.0800. The molecule has 0 aromatic carbocycles. The molecule has 2 bridgehead atoms. The molecule has 2 heteroatoms. The van der Waals surface area contributed by atoms with E-state index in [4.69, 9.17) is 0 Å². The number of hydrogen-bond acceptors (Lipinski definition) is 2. The summed E-state index contributed by atoms with van der Waals surface area (Å²) >= 11 is 0. The third-order valence-corrected chi connectivity index (χ3v) is 7.23. The zero-order valence-electron chi connectivity index (χ0n) is 14.4. The van der Waals surface area contributed by atoms with Crippen molar-refractivity contribution in [2.75, 3.05) is 13.1 Å². The molecule has 0 amide bonds. The van der Waals surface area contributed by atoms with E-state index in [1.807, 2.05) is 0 Å². The number of piperazine rings is 1. The van der Waals surface area contributed by atoms with Gasteiger partial charge in [0.05, 0.1) is 0 Å². The first-order valence-corrected chi connectivity index (χ1v) is 8.73. The predicted octanol–water partition coefficient (Wildman–Crippen LogP) is 3.66. The number of hydrogen-bond donors (Lipinski definition) is 1. The summed E-state index contributed by atoms with van der Waals surface area (Å²) in [7, 11) is 0. The van der Waals surface area contributed by atoms with E-state index in [9.17, 15) is 0 Å². The molecule has 5 unspecified atom stereocenters. The van der Waals surface area contributed by atoms with Crippen molar-refractivity contribution < 1.29 is 0 Å². The molecule has 3 aliphatic rings. The van der Waals surface area contributed by atoms with E-state index >= 15 is 0 Å². The van der Waals surface area contributed by atoms with Crippen molar-refractivity contribution in [3.8, 4) is 0 Å². The third kappa shape index (κ3) is 1.98. The Kier molecular flexibility index (Phi) is 3.31. The van der Waals surface area contributed by atoms with Crippen LogP contribution in [0.2, 0.25) is 0 Å². The summed E-state index contributed by atoms with van der Waals surface area (Å²) in [6.45, 7) is 17.2. The summed E-state index contributed by atoms with van der Waals surface area (Å²) in [4.78, 5) is 2.89. The van der Waals surface area contributed by atoms with Crippen LogP contribution in [0.4, 0.5) is 0 Å².